The zero-order chi connectivity index (χ0) is 19.7. The Morgan fingerprint density at radius 1 is 1.11 bits per heavy atom. The lowest BCUT2D eigenvalue weighted by Crippen LogP contribution is -2.35. The highest BCUT2D eigenvalue weighted by Gasteiger charge is 2.30. The molecule has 1 heterocycles. The topological polar surface area (TPSA) is 75.7 Å². The molecule has 0 saturated heterocycles. The fourth-order valence-corrected chi connectivity index (χ4v) is 5.22. The number of hydrogen-bond donors (Lipinski definition) is 1. The van der Waals surface area contributed by atoms with Gasteiger partial charge in [-0.05, 0) is 73.7 Å². The standard InChI is InChI=1S/C21H24N2O4S/c1-27-18-8-10-19(11-9-18)28(25,26)23-13-3-6-16-14-17(7-12-20(16)23)22-21(24)15-4-2-5-15/h7-12,14-15H,2-6,13H2,1H3,(H,22,24). The van der Waals surface area contributed by atoms with Gasteiger partial charge in [-0.2, -0.15) is 0 Å². The molecule has 6 nitrogen and oxygen atoms in total. The van der Waals surface area contributed by atoms with Crippen LogP contribution in [-0.2, 0) is 21.2 Å². The van der Waals surface area contributed by atoms with Crippen LogP contribution in [0, 0.1) is 5.92 Å². The number of methoxy groups -OCH3 is 1. The molecule has 148 valence electrons. The lowest BCUT2D eigenvalue weighted by molar-refractivity contribution is -0.122. The van der Waals surface area contributed by atoms with Gasteiger partial charge in [0.1, 0.15) is 5.75 Å². The van der Waals surface area contributed by atoms with Crippen LogP contribution in [0.15, 0.2) is 47.4 Å². The van der Waals surface area contributed by atoms with E-state index in [9.17, 15) is 13.2 Å². The van der Waals surface area contributed by atoms with Crippen molar-refractivity contribution >= 4 is 27.3 Å². The molecule has 2 aromatic carbocycles. The van der Waals surface area contributed by atoms with Crippen LogP contribution in [0.5, 0.6) is 5.75 Å². The van der Waals surface area contributed by atoms with Crippen molar-refractivity contribution in [2.75, 3.05) is 23.3 Å². The Morgan fingerprint density at radius 3 is 2.50 bits per heavy atom. The molecule has 1 aliphatic carbocycles. The molecule has 2 aromatic rings. The average Bonchev–Trinajstić information content (AvgIpc) is 2.66. The van der Waals surface area contributed by atoms with Crippen molar-refractivity contribution in [2.45, 2.75) is 37.0 Å². The molecule has 0 atom stereocenters. The average molecular weight is 401 g/mol. The van der Waals surface area contributed by atoms with E-state index in [1.165, 1.54) is 4.31 Å². The number of rotatable bonds is 5. The molecular formula is C21H24N2O4S. The van der Waals surface area contributed by atoms with E-state index in [-0.39, 0.29) is 16.7 Å². The monoisotopic (exact) mass is 400 g/mol. The normalized spacial score (nSPS) is 16.8. The molecule has 2 aliphatic rings. The Kier molecular flexibility index (Phi) is 5.02. The van der Waals surface area contributed by atoms with E-state index in [1.54, 1.807) is 43.5 Å². The molecule has 0 unspecified atom stereocenters. The summed E-state index contributed by atoms with van der Waals surface area (Å²) in [5, 5.41) is 2.97. The SMILES string of the molecule is COc1ccc(S(=O)(=O)N2CCCc3cc(NC(=O)C4CCC4)ccc32)cc1. The summed E-state index contributed by atoms with van der Waals surface area (Å²) in [7, 11) is -2.11. The minimum absolute atomic E-state index is 0.0599. The van der Waals surface area contributed by atoms with Crippen molar-refractivity contribution in [3.8, 4) is 5.75 Å². The van der Waals surface area contributed by atoms with Crippen LogP contribution >= 0.6 is 0 Å². The number of sulfonamides is 1. The van der Waals surface area contributed by atoms with E-state index < -0.39 is 10.0 Å². The quantitative estimate of drug-likeness (QED) is 0.832. The largest absolute Gasteiger partial charge is 0.497 e. The number of benzene rings is 2. The van der Waals surface area contributed by atoms with Gasteiger partial charge in [0.2, 0.25) is 5.91 Å². The number of hydrogen-bond acceptors (Lipinski definition) is 4. The van der Waals surface area contributed by atoms with E-state index in [2.05, 4.69) is 5.32 Å². The summed E-state index contributed by atoms with van der Waals surface area (Å²) < 4.78 is 32.9. The molecule has 4 rings (SSSR count). The second kappa shape index (κ2) is 7.47. The third-order valence-electron chi connectivity index (χ3n) is 5.55. The summed E-state index contributed by atoms with van der Waals surface area (Å²) in [5.74, 6) is 0.789. The Bertz CT molecular complexity index is 982. The lowest BCUT2D eigenvalue weighted by Gasteiger charge is -2.31. The molecule has 0 bridgehead atoms. The van der Waals surface area contributed by atoms with Crippen molar-refractivity contribution in [3.63, 3.8) is 0 Å². The third kappa shape index (κ3) is 3.46. The maximum Gasteiger partial charge on any atom is 0.264 e. The highest BCUT2D eigenvalue weighted by atomic mass is 32.2. The van der Waals surface area contributed by atoms with Crippen LogP contribution < -0.4 is 14.4 Å². The second-order valence-electron chi connectivity index (χ2n) is 7.32. The van der Waals surface area contributed by atoms with Gasteiger partial charge >= 0.3 is 0 Å². The van der Waals surface area contributed by atoms with E-state index in [0.29, 0.717) is 18.0 Å². The molecule has 0 radical (unpaired) electrons. The number of nitrogens with zero attached hydrogens (tertiary/aromatic N) is 1. The fourth-order valence-electron chi connectivity index (χ4n) is 3.68. The second-order valence-corrected chi connectivity index (χ2v) is 9.18. The summed E-state index contributed by atoms with van der Waals surface area (Å²) in [6, 6.07) is 11.9. The first-order valence-corrected chi connectivity index (χ1v) is 11.0. The number of fused-ring (bicyclic) bond motifs is 1. The molecule has 0 spiro atoms. The molecule has 0 aromatic heterocycles. The maximum atomic E-state index is 13.2. The number of carbonyl (C=O) groups excluding carboxylic acids is 1. The number of ether oxygens (including phenoxy) is 1. The van der Waals surface area contributed by atoms with Crippen molar-refractivity contribution in [1.82, 2.24) is 0 Å². The molecular weight excluding hydrogens is 376 g/mol. The Labute approximate surface area is 165 Å². The molecule has 1 fully saturated rings. The summed E-state index contributed by atoms with van der Waals surface area (Å²) in [6.07, 6.45) is 4.54. The first-order valence-electron chi connectivity index (χ1n) is 9.59. The maximum absolute atomic E-state index is 13.2. The minimum Gasteiger partial charge on any atom is -0.497 e. The van der Waals surface area contributed by atoms with Crippen LogP contribution in [0.1, 0.15) is 31.2 Å². The highest BCUT2D eigenvalue weighted by molar-refractivity contribution is 7.92. The van der Waals surface area contributed by atoms with E-state index in [0.717, 1.165) is 43.4 Å². The van der Waals surface area contributed by atoms with Gasteiger partial charge in [-0.25, -0.2) is 8.42 Å². The van der Waals surface area contributed by atoms with Gasteiger partial charge in [-0.1, -0.05) is 6.42 Å². The zero-order valence-corrected chi connectivity index (χ0v) is 16.7. The first-order chi connectivity index (χ1) is 13.5. The van der Waals surface area contributed by atoms with Crippen molar-refractivity contribution in [3.05, 3.63) is 48.0 Å². The Balaban J connectivity index is 1.60. The summed E-state index contributed by atoms with van der Waals surface area (Å²) in [5.41, 5.74) is 2.36. The number of nitrogens with one attached hydrogen (secondary N) is 1. The highest BCUT2D eigenvalue weighted by Crippen LogP contribution is 2.35. The fraction of sp³-hybridized carbons (Fsp3) is 0.381. The van der Waals surface area contributed by atoms with E-state index in [1.807, 2.05) is 6.07 Å². The van der Waals surface area contributed by atoms with Crippen LogP contribution in [0.3, 0.4) is 0 Å². The number of anilines is 2. The van der Waals surface area contributed by atoms with Gasteiger partial charge in [0.15, 0.2) is 0 Å². The van der Waals surface area contributed by atoms with Crippen molar-refractivity contribution < 1.29 is 17.9 Å². The predicted molar refractivity (Wildman–Crippen MR) is 108 cm³/mol. The van der Waals surface area contributed by atoms with Crippen LogP contribution in [-0.4, -0.2) is 28.0 Å². The summed E-state index contributed by atoms with van der Waals surface area (Å²) >= 11 is 0. The molecule has 1 aliphatic heterocycles. The molecule has 1 saturated carbocycles. The number of aryl methyl sites for hydroxylation is 1. The molecule has 1 amide bonds. The molecule has 28 heavy (non-hydrogen) atoms. The van der Waals surface area contributed by atoms with Crippen LogP contribution in [0.25, 0.3) is 0 Å². The third-order valence-corrected chi connectivity index (χ3v) is 7.37. The predicted octanol–water partition coefficient (Wildman–Crippen LogP) is 3.58. The van der Waals surface area contributed by atoms with Gasteiger partial charge in [0, 0.05) is 18.2 Å². The Hall–Kier alpha value is -2.54. The molecule has 1 N–H and O–H groups in total. The smallest absolute Gasteiger partial charge is 0.264 e. The lowest BCUT2D eigenvalue weighted by atomic mass is 9.85. The number of amides is 1. The molecule has 7 heteroatoms. The van der Waals surface area contributed by atoms with Crippen molar-refractivity contribution in [2.24, 2.45) is 5.92 Å². The van der Waals surface area contributed by atoms with E-state index >= 15 is 0 Å². The first kappa shape index (κ1) is 18.8. The van der Waals surface area contributed by atoms with Crippen molar-refractivity contribution in [1.29, 1.82) is 0 Å². The van der Waals surface area contributed by atoms with Gasteiger partial charge in [0.05, 0.1) is 17.7 Å². The van der Waals surface area contributed by atoms with Crippen LogP contribution in [0.4, 0.5) is 11.4 Å². The van der Waals surface area contributed by atoms with Gasteiger partial charge < -0.3 is 10.1 Å². The zero-order valence-electron chi connectivity index (χ0n) is 15.8. The number of carbonyl (C=O) groups is 1. The summed E-state index contributed by atoms with van der Waals surface area (Å²) in [6.45, 7) is 0.440. The van der Waals surface area contributed by atoms with E-state index in [4.69, 9.17) is 4.74 Å². The Morgan fingerprint density at radius 2 is 1.86 bits per heavy atom. The van der Waals surface area contributed by atoms with Crippen LogP contribution in [0.2, 0.25) is 0 Å². The summed E-state index contributed by atoms with van der Waals surface area (Å²) in [4.78, 5) is 12.4. The minimum atomic E-state index is -3.65. The van der Waals surface area contributed by atoms with Gasteiger partial charge in [-0.3, -0.25) is 9.10 Å². The van der Waals surface area contributed by atoms with Gasteiger partial charge in [-0.15, -0.1) is 0 Å². The van der Waals surface area contributed by atoms with Gasteiger partial charge in [0.25, 0.3) is 10.0 Å².